The number of benzene rings is 2. The Kier molecular flexibility index (Phi) is 12.2. The Labute approximate surface area is 232 Å². The molecule has 0 aliphatic carbocycles. The Morgan fingerprint density at radius 1 is 1.00 bits per heavy atom. The summed E-state index contributed by atoms with van der Waals surface area (Å²) >= 11 is 2.92. The molecule has 0 fully saturated rings. The summed E-state index contributed by atoms with van der Waals surface area (Å²) in [4.78, 5) is 12.8. The second-order valence-corrected chi connectivity index (χ2v) is 12.3. The zero-order valence-electron chi connectivity index (χ0n) is 22.8. The Balaban J connectivity index is 1.51. The molecule has 0 saturated carbocycles. The highest BCUT2D eigenvalue weighted by Crippen LogP contribution is 2.42. The lowest BCUT2D eigenvalue weighted by atomic mass is 10.0. The van der Waals surface area contributed by atoms with E-state index < -0.39 is 6.09 Å². The van der Waals surface area contributed by atoms with Crippen molar-refractivity contribution in [2.75, 3.05) is 12.8 Å². The molecule has 0 unspecified atom stereocenters. The number of carbonyl (C=O) groups excluding carboxylic acids is 1. The third kappa shape index (κ3) is 10.3. The van der Waals surface area contributed by atoms with Crippen LogP contribution >= 0.6 is 23.9 Å². The van der Waals surface area contributed by atoms with Crippen molar-refractivity contribution in [3.63, 3.8) is 0 Å². The Morgan fingerprint density at radius 3 is 2.43 bits per heavy atom. The monoisotopic (exact) mass is 542 g/mol. The van der Waals surface area contributed by atoms with Crippen LogP contribution in [0.25, 0.3) is 0 Å². The molecule has 0 spiro atoms. The fourth-order valence-corrected chi connectivity index (χ4v) is 5.82. The van der Waals surface area contributed by atoms with Crippen molar-refractivity contribution in [3.05, 3.63) is 59.7 Å². The summed E-state index contributed by atoms with van der Waals surface area (Å²) in [6, 6.07) is 16.1. The van der Waals surface area contributed by atoms with Gasteiger partial charge in [-0.05, 0) is 37.7 Å². The van der Waals surface area contributed by atoms with Gasteiger partial charge in [-0.1, -0.05) is 94.3 Å². The lowest BCUT2D eigenvalue weighted by Gasteiger charge is -2.19. The van der Waals surface area contributed by atoms with Crippen LogP contribution in [0, 0.1) is 0 Å². The van der Waals surface area contributed by atoms with Crippen molar-refractivity contribution in [2.24, 2.45) is 4.40 Å². The maximum Gasteiger partial charge on any atom is 0.426 e. The number of para-hydroxylation sites is 1. The molecule has 37 heavy (non-hydrogen) atoms. The van der Waals surface area contributed by atoms with Crippen LogP contribution in [0.15, 0.2) is 52.9 Å². The third-order valence-corrected chi connectivity index (χ3v) is 8.11. The number of hydrogen-bond donors (Lipinski definition) is 0. The van der Waals surface area contributed by atoms with Crippen molar-refractivity contribution in [3.8, 4) is 11.5 Å². The predicted octanol–water partition coefficient (Wildman–Crippen LogP) is 8.91. The van der Waals surface area contributed by atoms with Crippen LogP contribution in [0.2, 0.25) is 0 Å². The van der Waals surface area contributed by atoms with Gasteiger partial charge in [0.1, 0.15) is 5.60 Å². The van der Waals surface area contributed by atoms with E-state index in [0.717, 1.165) is 41.3 Å². The Bertz CT molecular complexity index is 1010. The summed E-state index contributed by atoms with van der Waals surface area (Å²) < 4.78 is 17.9. The molecule has 0 N–H and O–H groups in total. The first-order valence-electron chi connectivity index (χ1n) is 13.5. The molecule has 5 nitrogen and oxygen atoms in total. The van der Waals surface area contributed by atoms with Gasteiger partial charge in [-0.3, -0.25) is 0 Å². The minimum Gasteiger partial charge on any atom is -0.483 e. The summed E-state index contributed by atoms with van der Waals surface area (Å²) in [6.07, 6.45) is 11.6. The highest BCUT2D eigenvalue weighted by atomic mass is 32.2. The molecule has 202 valence electrons. The normalized spacial score (nSPS) is 14.2. The van der Waals surface area contributed by atoms with Crippen molar-refractivity contribution < 1.29 is 14.3 Å². The van der Waals surface area contributed by atoms with Crippen LogP contribution < -0.4 is 9.47 Å². The van der Waals surface area contributed by atoms with E-state index in [1.165, 1.54) is 61.2 Å². The van der Waals surface area contributed by atoms with Gasteiger partial charge >= 0.3 is 6.09 Å². The fourth-order valence-electron chi connectivity index (χ4n) is 4.27. The standard InChI is InChI=1S/C30H42N2O3S2/c1-5-6-7-8-9-10-11-15-21-36-27(22-24-17-13-12-14-18-24)31-37-32(4)29(33)34-26-20-16-19-25-23-30(2,3)35-28(25)26/h12-14,16-20H,5-11,15,21-23H2,1-4H3. The van der Waals surface area contributed by atoms with Gasteiger partial charge in [-0.25, -0.2) is 9.10 Å². The lowest BCUT2D eigenvalue weighted by molar-refractivity contribution is 0.132. The molecule has 3 rings (SSSR count). The number of ether oxygens (including phenoxy) is 2. The fraction of sp³-hybridized carbons (Fsp3) is 0.533. The number of amides is 1. The zero-order valence-corrected chi connectivity index (χ0v) is 24.5. The largest absolute Gasteiger partial charge is 0.483 e. The molecule has 1 amide bonds. The van der Waals surface area contributed by atoms with E-state index in [-0.39, 0.29) is 5.60 Å². The predicted molar refractivity (Wildman–Crippen MR) is 159 cm³/mol. The molecule has 0 bridgehead atoms. The third-order valence-electron chi connectivity index (χ3n) is 6.24. The molecule has 7 heteroatoms. The topological polar surface area (TPSA) is 51.1 Å². The smallest absolute Gasteiger partial charge is 0.426 e. The summed E-state index contributed by atoms with van der Waals surface area (Å²) in [6.45, 7) is 6.33. The van der Waals surface area contributed by atoms with Crippen LogP contribution in [-0.4, -0.2) is 33.8 Å². The maximum atomic E-state index is 12.8. The first-order chi connectivity index (χ1) is 17.9. The van der Waals surface area contributed by atoms with Crippen LogP contribution in [0.3, 0.4) is 0 Å². The molecule has 0 aromatic heterocycles. The zero-order chi connectivity index (χ0) is 26.5. The van der Waals surface area contributed by atoms with Crippen LogP contribution in [-0.2, 0) is 12.8 Å². The van der Waals surface area contributed by atoms with Crippen molar-refractivity contribution in [1.29, 1.82) is 0 Å². The van der Waals surface area contributed by atoms with Crippen LogP contribution in [0.5, 0.6) is 11.5 Å². The molecular formula is C30H42N2O3S2. The van der Waals surface area contributed by atoms with E-state index in [4.69, 9.17) is 13.9 Å². The van der Waals surface area contributed by atoms with Crippen LogP contribution in [0.1, 0.15) is 83.3 Å². The molecular weight excluding hydrogens is 500 g/mol. The van der Waals surface area contributed by atoms with E-state index in [1.807, 2.05) is 32.0 Å². The summed E-state index contributed by atoms with van der Waals surface area (Å²) in [5.41, 5.74) is 1.98. The number of fused-ring (bicyclic) bond motifs is 1. The average Bonchev–Trinajstić information content (AvgIpc) is 3.21. The quantitative estimate of drug-likeness (QED) is 0.103. The minimum atomic E-state index is -0.470. The summed E-state index contributed by atoms with van der Waals surface area (Å²) in [7, 11) is 1.69. The van der Waals surface area contributed by atoms with Gasteiger partial charge in [0.25, 0.3) is 0 Å². The van der Waals surface area contributed by atoms with Gasteiger partial charge in [0.2, 0.25) is 0 Å². The lowest BCUT2D eigenvalue weighted by Crippen LogP contribution is -2.25. The van der Waals surface area contributed by atoms with E-state index in [2.05, 4.69) is 31.2 Å². The van der Waals surface area contributed by atoms with E-state index in [0.29, 0.717) is 11.5 Å². The second kappa shape index (κ2) is 15.3. The van der Waals surface area contributed by atoms with Gasteiger partial charge in [-0.2, -0.15) is 4.40 Å². The molecule has 0 atom stereocenters. The number of nitrogens with zero attached hydrogens (tertiary/aromatic N) is 2. The molecule has 2 aromatic carbocycles. The first-order valence-corrected chi connectivity index (χ1v) is 15.3. The maximum absolute atomic E-state index is 12.8. The summed E-state index contributed by atoms with van der Waals surface area (Å²) in [5.74, 6) is 2.16. The van der Waals surface area contributed by atoms with Gasteiger partial charge in [0.15, 0.2) is 11.5 Å². The molecule has 0 saturated heterocycles. The molecule has 1 aliphatic heterocycles. The number of unbranched alkanes of at least 4 members (excludes halogenated alkanes) is 7. The van der Waals surface area contributed by atoms with Crippen molar-refractivity contribution in [1.82, 2.24) is 4.31 Å². The van der Waals surface area contributed by atoms with Gasteiger partial charge in [0, 0.05) is 25.5 Å². The second-order valence-electron chi connectivity index (χ2n) is 10.2. The number of hydrogen-bond acceptors (Lipinski definition) is 6. The minimum absolute atomic E-state index is 0.297. The molecule has 1 heterocycles. The van der Waals surface area contributed by atoms with Crippen LogP contribution in [0.4, 0.5) is 4.79 Å². The van der Waals surface area contributed by atoms with Gasteiger partial charge in [0.05, 0.1) is 17.2 Å². The average molecular weight is 543 g/mol. The molecule has 0 radical (unpaired) electrons. The SMILES string of the molecule is CCCCCCCCCCSC(Cc1ccccc1)=NSN(C)C(=O)Oc1cccc2c1OC(C)(C)C2. The Morgan fingerprint density at radius 2 is 1.70 bits per heavy atom. The van der Waals surface area contributed by atoms with Crippen molar-refractivity contribution in [2.45, 2.75) is 90.6 Å². The highest BCUT2D eigenvalue weighted by Gasteiger charge is 2.33. The first kappa shape index (κ1) is 29.4. The van der Waals surface area contributed by atoms with Gasteiger partial charge < -0.3 is 9.47 Å². The van der Waals surface area contributed by atoms with E-state index >= 15 is 0 Å². The number of thioether (sulfide) groups is 1. The molecule has 1 aliphatic rings. The Hall–Kier alpha value is -2.12. The highest BCUT2D eigenvalue weighted by molar-refractivity contribution is 8.14. The molecule has 2 aromatic rings. The number of rotatable bonds is 14. The van der Waals surface area contributed by atoms with Crippen molar-refractivity contribution >= 4 is 35.0 Å². The van der Waals surface area contributed by atoms with E-state index in [1.54, 1.807) is 24.9 Å². The number of carbonyl (C=O) groups is 1. The summed E-state index contributed by atoms with van der Waals surface area (Å²) in [5, 5.41) is 1.02. The van der Waals surface area contributed by atoms with Gasteiger partial charge in [-0.15, -0.1) is 11.8 Å². The van der Waals surface area contributed by atoms with E-state index in [9.17, 15) is 4.79 Å².